The summed E-state index contributed by atoms with van der Waals surface area (Å²) in [4.78, 5) is 11.8. The number of aliphatic hydroxyl groups is 1. The molecule has 26 heteroatoms. The fraction of sp³-hybridized carbons (Fsp3) is 0.940. The van der Waals surface area contributed by atoms with Gasteiger partial charge < -0.3 is 28.1 Å². The van der Waals surface area contributed by atoms with Crippen LogP contribution in [0.4, 0.5) is 0 Å². The molecule has 0 amide bonds. The van der Waals surface area contributed by atoms with Gasteiger partial charge in [-0.3, -0.25) is 16.7 Å². The molecule has 0 aromatic carbocycles. The average molecular weight is 1200 g/mol. The maximum Gasteiger partial charge on any atom is 1.00 e. The van der Waals surface area contributed by atoms with E-state index in [2.05, 4.69) is 13.8 Å². The molecule has 0 radical (unpaired) electrons. The summed E-state index contributed by atoms with van der Waals surface area (Å²) >= 11 is 0. The molecule has 0 fully saturated rings. The van der Waals surface area contributed by atoms with Gasteiger partial charge in [0.2, 0.25) is 41.6 Å². The molecule has 0 saturated heterocycles. The molecule has 0 aromatic heterocycles. The van der Waals surface area contributed by atoms with Crippen LogP contribution in [-0.2, 0) is 63.1 Å². The predicted octanol–water partition coefficient (Wildman–Crippen LogP) is -0.630. The van der Waals surface area contributed by atoms with E-state index in [1.807, 2.05) is 12.2 Å². The number of aldehydes is 1. The predicted molar refractivity (Wildman–Crippen MR) is 274 cm³/mol. The smallest absolute Gasteiger partial charge is 0.726 e. The topological polar surface area (TPSA) is 303 Å². The number of rotatable bonds is 54. The Hall–Kier alpha value is 2.85. The van der Waals surface area contributed by atoms with Crippen molar-refractivity contribution in [3.05, 3.63) is 12.2 Å². The molecule has 0 aromatic rings. The second kappa shape index (κ2) is 55.7. The maximum absolute atomic E-state index is 11.8. The molecular formula is C50H94Na4O18S4. The van der Waals surface area contributed by atoms with Crippen LogP contribution in [0.1, 0.15) is 264 Å². The summed E-state index contributed by atoms with van der Waals surface area (Å²) in [5.41, 5.74) is 0. The Morgan fingerprint density at radius 2 is 0.618 bits per heavy atom. The fourth-order valence-electron chi connectivity index (χ4n) is 9.10. The molecule has 1 N–H and O–H groups in total. The minimum atomic E-state index is -5.01. The summed E-state index contributed by atoms with van der Waals surface area (Å²) < 4.78 is 154. The van der Waals surface area contributed by atoms with E-state index in [0.717, 1.165) is 173 Å². The molecule has 0 bridgehead atoms. The first-order valence-electron chi connectivity index (χ1n) is 27.4. The van der Waals surface area contributed by atoms with E-state index in [-0.39, 0.29) is 137 Å². The molecule has 0 spiro atoms. The third-order valence-corrected chi connectivity index (χ3v) is 15.1. The summed E-state index contributed by atoms with van der Waals surface area (Å²) in [7, 11) is -19.4. The number of carbonyl (C=O) groups is 1. The van der Waals surface area contributed by atoms with Gasteiger partial charge >= 0.3 is 118 Å². The number of hydrogen-bond donors (Lipinski definition) is 1. The minimum absolute atomic E-state index is 0. The van der Waals surface area contributed by atoms with Crippen molar-refractivity contribution in [3.8, 4) is 0 Å². The Morgan fingerprint density at radius 3 is 0.934 bits per heavy atom. The largest absolute Gasteiger partial charge is 1.00 e. The first-order chi connectivity index (χ1) is 34.1. The molecule has 76 heavy (non-hydrogen) atoms. The first kappa shape index (κ1) is 87.6. The van der Waals surface area contributed by atoms with E-state index in [1.54, 1.807) is 0 Å². The van der Waals surface area contributed by atoms with Crippen molar-refractivity contribution in [2.75, 3.05) is 0 Å². The molecule has 0 rings (SSSR count). The molecule has 0 saturated carbocycles. The van der Waals surface area contributed by atoms with Crippen molar-refractivity contribution >= 4 is 47.9 Å². The number of aliphatic hydroxyl groups excluding tert-OH is 1. The first-order valence-corrected chi connectivity index (χ1v) is 32.7. The summed E-state index contributed by atoms with van der Waals surface area (Å²) in [5.74, 6) is -0.101. The van der Waals surface area contributed by atoms with Gasteiger partial charge in [-0.1, -0.05) is 193 Å². The Kier molecular flexibility index (Phi) is 64.2. The maximum atomic E-state index is 11.8. The van der Waals surface area contributed by atoms with Crippen LogP contribution in [0.15, 0.2) is 12.2 Å². The Balaban J connectivity index is -0.00000420. The number of hydrogen-bond acceptors (Lipinski definition) is 18. The van der Waals surface area contributed by atoms with Crippen molar-refractivity contribution in [3.63, 3.8) is 0 Å². The summed E-state index contributed by atoms with van der Waals surface area (Å²) in [6.07, 6.45) is 29.9. The van der Waals surface area contributed by atoms with Crippen LogP contribution in [-0.4, -0.2) is 93.8 Å². The Morgan fingerprint density at radius 1 is 0.355 bits per heavy atom. The van der Waals surface area contributed by atoms with Crippen molar-refractivity contribution in [2.45, 2.75) is 295 Å². The number of carbonyl (C=O) groups excluding carboxylic acids is 1. The van der Waals surface area contributed by atoms with Gasteiger partial charge in [0, 0.05) is 5.92 Å². The molecule has 6 atom stereocenters. The zero-order chi connectivity index (χ0) is 54.0. The zero-order valence-corrected chi connectivity index (χ0v) is 59.1. The van der Waals surface area contributed by atoms with E-state index in [9.17, 15) is 61.8 Å². The summed E-state index contributed by atoms with van der Waals surface area (Å²) in [6, 6.07) is 0. The third-order valence-electron chi connectivity index (χ3n) is 13.0. The van der Waals surface area contributed by atoms with Gasteiger partial charge in [0.05, 0.1) is 24.4 Å². The Bertz CT molecular complexity index is 1800. The molecule has 6 unspecified atom stereocenters. The monoisotopic (exact) mass is 1200 g/mol. The quantitative estimate of drug-likeness (QED) is 0.0198. The number of allylic oxidation sites excluding steroid dienone is 2. The molecule has 0 heterocycles. The van der Waals surface area contributed by atoms with Crippen LogP contribution >= 0.6 is 0 Å². The number of unbranched alkanes of at least 4 members (excludes halogenated alkanes) is 22. The second-order valence-corrected chi connectivity index (χ2v) is 23.7. The van der Waals surface area contributed by atoms with Crippen molar-refractivity contribution < 1.29 is 197 Å². The molecule has 0 aliphatic carbocycles. The van der Waals surface area contributed by atoms with E-state index in [1.165, 1.54) is 0 Å². The second-order valence-electron chi connectivity index (χ2n) is 19.7. The summed E-state index contributed by atoms with van der Waals surface area (Å²) in [5, 5.41) is 10.7. The molecule has 430 valence electrons. The summed E-state index contributed by atoms with van der Waals surface area (Å²) in [6.45, 7) is 4.16. The van der Waals surface area contributed by atoms with Gasteiger partial charge in [0.25, 0.3) is 0 Å². The average Bonchev–Trinajstić information content (AvgIpc) is 3.28. The Labute approximate surface area is 550 Å². The van der Waals surface area contributed by atoms with Crippen LogP contribution in [0, 0.1) is 5.92 Å². The van der Waals surface area contributed by atoms with Gasteiger partial charge in [-0.25, -0.2) is 33.7 Å². The van der Waals surface area contributed by atoms with E-state index in [0.29, 0.717) is 70.6 Å². The third kappa shape index (κ3) is 62.9. The molecular weight excluding hydrogens is 1110 g/mol. The van der Waals surface area contributed by atoms with E-state index >= 15 is 0 Å². The van der Waals surface area contributed by atoms with Gasteiger partial charge in [-0.05, 0) is 83.5 Å². The van der Waals surface area contributed by atoms with Crippen molar-refractivity contribution in [1.29, 1.82) is 0 Å². The molecule has 18 nitrogen and oxygen atoms in total. The SMILES string of the molecule is CCCCCCC(CCCCCCCCCC(CCCCCC(C=O)CCCC/C=C\CCC(O)C(CCCCCCCCCC(CCCCCC)OS(=O)(=O)[O-])OS(=O)(=O)[O-])OS(=O)(=O)[O-])OS(=O)(=O)[O-].[Na+].[Na+].[Na+].[Na+]. The van der Waals surface area contributed by atoms with Gasteiger partial charge in [0.15, 0.2) is 0 Å². The van der Waals surface area contributed by atoms with Crippen molar-refractivity contribution in [1.82, 2.24) is 0 Å². The van der Waals surface area contributed by atoms with E-state index in [4.69, 9.17) is 16.7 Å². The molecule has 0 aliphatic rings. The standard InChI is InChI=1S/C50H98O18S4.4Na/c1-3-5-7-26-36-46(65-69(53,54)55)38-28-18-11-9-12-19-30-40-48(67-71(59,60)61)41-31-23-25-35-45(44-51)34-24-17-15-16-21-32-42-49(52)50(68-72(62,63)64)43-33-22-14-10-13-20-29-39-47(66-70(56,57)58)37-27-8-6-4-2;;;;/h16,21,44-50,52H,3-15,17-20,22-43H2,1-2H3,(H,53,54,55)(H,56,57,58)(H,59,60,61)(H,62,63,64);;;;/q;4*+1/p-4/b21-16-;;;;. The van der Waals surface area contributed by atoms with Crippen LogP contribution < -0.4 is 118 Å². The molecule has 0 aliphatic heterocycles. The van der Waals surface area contributed by atoms with Gasteiger partial charge in [0.1, 0.15) is 12.4 Å². The zero-order valence-electron chi connectivity index (χ0n) is 47.8. The van der Waals surface area contributed by atoms with Crippen LogP contribution in [0.3, 0.4) is 0 Å². The van der Waals surface area contributed by atoms with E-state index < -0.39 is 72.1 Å². The fourth-order valence-corrected chi connectivity index (χ4v) is 11.2. The minimum Gasteiger partial charge on any atom is -0.726 e. The van der Waals surface area contributed by atoms with Crippen molar-refractivity contribution in [2.24, 2.45) is 5.92 Å². The van der Waals surface area contributed by atoms with Crippen LogP contribution in [0.2, 0.25) is 0 Å². The van der Waals surface area contributed by atoms with Crippen LogP contribution in [0.25, 0.3) is 0 Å². The van der Waals surface area contributed by atoms with Gasteiger partial charge in [-0.15, -0.1) is 0 Å². The van der Waals surface area contributed by atoms with Gasteiger partial charge in [-0.2, -0.15) is 0 Å². The van der Waals surface area contributed by atoms with Crippen LogP contribution in [0.5, 0.6) is 0 Å². The normalized spacial score (nSPS) is 14.6.